The van der Waals surface area contributed by atoms with Gasteiger partial charge < -0.3 is 16.0 Å². The Kier molecular flexibility index (Phi) is 8.19. The molecule has 2 amide bonds. The molecule has 0 spiro atoms. The Morgan fingerprint density at radius 1 is 0.923 bits per heavy atom. The Labute approximate surface area is 155 Å². The zero-order valence-electron chi connectivity index (χ0n) is 15.3. The van der Waals surface area contributed by atoms with Gasteiger partial charge in [0.2, 0.25) is 5.91 Å². The summed E-state index contributed by atoms with van der Waals surface area (Å²) >= 11 is 0. The topological polar surface area (TPSA) is 70.2 Å². The molecule has 2 aromatic rings. The second-order valence-electron chi connectivity index (χ2n) is 6.13. The molecule has 0 fully saturated rings. The Morgan fingerprint density at radius 2 is 1.73 bits per heavy atom. The van der Waals surface area contributed by atoms with Crippen molar-refractivity contribution < 1.29 is 9.59 Å². The molecule has 0 aliphatic rings. The number of benzene rings is 2. The lowest BCUT2D eigenvalue weighted by molar-refractivity contribution is -0.119. The summed E-state index contributed by atoms with van der Waals surface area (Å²) in [5.74, 6) is -0.159. The molecular weight excluding hydrogens is 326 g/mol. The van der Waals surface area contributed by atoms with E-state index < -0.39 is 0 Å². The van der Waals surface area contributed by atoms with E-state index in [1.807, 2.05) is 42.5 Å². The molecule has 2 rings (SSSR count). The number of unbranched alkanes of at least 4 members (excludes halogenated alkanes) is 1. The summed E-state index contributed by atoms with van der Waals surface area (Å²) in [7, 11) is 0. The lowest BCUT2D eigenvalue weighted by atomic mass is 10.1. The van der Waals surface area contributed by atoms with Crippen molar-refractivity contribution in [2.75, 3.05) is 25.0 Å². The highest BCUT2D eigenvalue weighted by Gasteiger charge is 2.06. The van der Waals surface area contributed by atoms with Gasteiger partial charge in [0.05, 0.1) is 6.54 Å². The van der Waals surface area contributed by atoms with Crippen molar-refractivity contribution in [3.05, 3.63) is 65.7 Å². The third kappa shape index (κ3) is 6.97. The summed E-state index contributed by atoms with van der Waals surface area (Å²) in [4.78, 5) is 24.0. The number of nitrogens with one attached hydrogen (secondary N) is 3. The molecule has 0 bridgehead atoms. The van der Waals surface area contributed by atoms with Gasteiger partial charge in [-0.25, -0.2) is 0 Å². The average Bonchev–Trinajstić information content (AvgIpc) is 2.67. The van der Waals surface area contributed by atoms with E-state index in [1.165, 1.54) is 5.56 Å². The molecule has 3 N–H and O–H groups in total. The van der Waals surface area contributed by atoms with E-state index in [1.54, 1.807) is 12.1 Å². The van der Waals surface area contributed by atoms with Gasteiger partial charge in [0.15, 0.2) is 0 Å². The molecule has 0 saturated carbocycles. The zero-order chi connectivity index (χ0) is 18.6. The highest BCUT2D eigenvalue weighted by Crippen LogP contribution is 2.10. The molecule has 0 saturated heterocycles. The highest BCUT2D eigenvalue weighted by molar-refractivity contribution is 5.95. The van der Waals surface area contributed by atoms with Crippen LogP contribution in [0.15, 0.2) is 54.6 Å². The van der Waals surface area contributed by atoms with Gasteiger partial charge >= 0.3 is 0 Å². The Morgan fingerprint density at radius 3 is 2.50 bits per heavy atom. The monoisotopic (exact) mass is 353 g/mol. The average molecular weight is 353 g/mol. The molecule has 0 aliphatic carbocycles. The van der Waals surface area contributed by atoms with Gasteiger partial charge in [0.1, 0.15) is 0 Å². The molecule has 0 aromatic heterocycles. The quantitative estimate of drug-likeness (QED) is 0.575. The first-order chi connectivity index (χ1) is 12.7. The van der Waals surface area contributed by atoms with Crippen molar-refractivity contribution in [2.45, 2.75) is 26.2 Å². The molecule has 5 heteroatoms. The summed E-state index contributed by atoms with van der Waals surface area (Å²) in [6, 6.07) is 17.2. The minimum atomic E-state index is -0.0885. The van der Waals surface area contributed by atoms with Crippen LogP contribution in [-0.4, -0.2) is 31.4 Å². The third-order valence-electron chi connectivity index (χ3n) is 3.97. The maximum Gasteiger partial charge on any atom is 0.251 e. The van der Waals surface area contributed by atoms with E-state index >= 15 is 0 Å². The van der Waals surface area contributed by atoms with Gasteiger partial charge in [0.25, 0.3) is 5.91 Å². The maximum atomic E-state index is 12.1. The second-order valence-corrected chi connectivity index (χ2v) is 6.13. The summed E-state index contributed by atoms with van der Waals surface area (Å²) in [5.41, 5.74) is 2.55. The van der Waals surface area contributed by atoms with Gasteiger partial charge in [0, 0.05) is 24.3 Å². The third-order valence-corrected chi connectivity index (χ3v) is 3.97. The van der Waals surface area contributed by atoms with Crippen molar-refractivity contribution in [1.29, 1.82) is 0 Å². The summed E-state index contributed by atoms with van der Waals surface area (Å²) in [5, 5.41) is 8.85. The number of rotatable bonds is 10. The number of carbonyl (C=O) groups is 2. The van der Waals surface area contributed by atoms with Crippen molar-refractivity contribution >= 4 is 17.5 Å². The largest absolute Gasteiger partial charge is 0.376 e. The lowest BCUT2D eigenvalue weighted by Gasteiger charge is -2.10. The van der Waals surface area contributed by atoms with Crippen LogP contribution in [0.4, 0.5) is 5.69 Å². The molecule has 0 atom stereocenters. The first-order valence-corrected chi connectivity index (χ1v) is 9.12. The number of hydrogen-bond acceptors (Lipinski definition) is 3. The fourth-order valence-corrected chi connectivity index (χ4v) is 2.49. The molecule has 138 valence electrons. The molecule has 5 nitrogen and oxygen atoms in total. The summed E-state index contributed by atoms with van der Waals surface area (Å²) in [6.45, 7) is 3.54. The predicted molar refractivity (Wildman–Crippen MR) is 105 cm³/mol. The Bertz CT molecular complexity index is 701. The van der Waals surface area contributed by atoms with Crippen LogP contribution < -0.4 is 16.0 Å². The van der Waals surface area contributed by atoms with E-state index in [2.05, 4.69) is 22.9 Å². The first kappa shape index (κ1) is 19.5. The standard InChI is InChI=1S/C21H27N3O2/c1-2-3-13-23-21(26)18-10-7-11-19(15-18)24-16-20(25)22-14-12-17-8-5-4-6-9-17/h4-11,15,24H,2-3,12-14,16H2,1H3,(H,22,25)(H,23,26). The van der Waals surface area contributed by atoms with Gasteiger partial charge in [-0.2, -0.15) is 0 Å². The highest BCUT2D eigenvalue weighted by atomic mass is 16.2. The van der Waals surface area contributed by atoms with E-state index in [4.69, 9.17) is 0 Å². The van der Waals surface area contributed by atoms with E-state index in [0.717, 1.165) is 24.9 Å². The van der Waals surface area contributed by atoms with Crippen LogP contribution in [0.2, 0.25) is 0 Å². The lowest BCUT2D eigenvalue weighted by Crippen LogP contribution is -2.31. The summed E-state index contributed by atoms with van der Waals surface area (Å²) in [6.07, 6.45) is 2.81. The second kappa shape index (κ2) is 10.9. The van der Waals surface area contributed by atoms with E-state index in [-0.39, 0.29) is 18.4 Å². The van der Waals surface area contributed by atoms with Crippen LogP contribution in [-0.2, 0) is 11.2 Å². The van der Waals surface area contributed by atoms with Crippen LogP contribution >= 0.6 is 0 Å². The molecule has 0 heterocycles. The molecule has 2 aromatic carbocycles. The number of carbonyl (C=O) groups excluding carboxylic acids is 2. The maximum absolute atomic E-state index is 12.1. The van der Waals surface area contributed by atoms with Crippen molar-refractivity contribution in [1.82, 2.24) is 10.6 Å². The number of anilines is 1. The van der Waals surface area contributed by atoms with Crippen LogP contribution in [0.25, 0.3) is 0 Å². The van der Waals surface area contributed by atoms with Gasteiger partial charge in [-0.05, 0) is 36.6 Å². The minimum absolute atomic E-state index is 0.0706. The fraction of sp³-hybridized carbons (Fsp3) is 0.333. The molecule has 0 unspecified atom stereocenters. The van der Waals surface area contributed by atoms with E-state index in [0.29, 0.717) is 18.7 Å². The summed E-state index contributed by atoms with van der Waals surface area (Å²) < 4.78 is 0. The minimum Gasteiger partial charge on any atom is -0.376 e. The number of hydrogen-bond donors (Lipinski definition) is 3. The molecule has 0 aliphatic heterocycles. The zero-order valence-corrected chi connectivity index (χ0v) is 15.3. The van der Waals surface area contributed by atoms with Crippen LogP contribution in [0.5, 0.6) is 0 Å². The molecule has 0 radical (unpaired) electrons. The molecular formula is C21H27N3O2. The predicted octanol–water partition coefficient (Wildman–Crippen LogP) is 2.99. The number of amides is 2. The van der Waals surface area contributed by atoms with Crippen LogP contribution in [0.1, 0.15) is 35.7 Å². The van der Waals surface area contributed by atoms with Crippen LogP contribution in [0.3, 0.4) is 0 Å². The van der Waals surface area contributed by atoms with Gasteiger partial charge in [-0.3, -0.25) is 9.59 Å². The van der Waals surface area contributed by atoms with Gasteiger partial charge in [-0.1, -0.05) is 49.7 Å². The smallest absolute Gasteiger partial charge is 0.251 e. The van der Waals surface area contributed by atoms with Crippen molar-refractivity contribution in [3.8, 4) is 0 Å². The normalized spacial score (nSPS) is 10.2. The Hall–Kier alpha value is -2.82. The van der Waals surface area contributed by atoms with E-state index in [9.17, 15) is 9.59 Å². The fourth-order valence-electron chi connectivity index (χ4n) is 2.49. The van der Waals surface area contributed by atoms with Crippen LogP contribution in [0, 0.1) is 0 Å². The van der Waals surface area contributed by atoms with Crippen molar-refractivity contribution in [3.63, 3.8) is 0 Å². The SMILES string of the molecule is CCCCNC(=O)c1cccc(NCC(=O)NCCc2ccccc2)c1. The van der Waals surface area contributed by atoms with Gasteiger partial charge in [-0.15, -0.1) is 0 Å². The van der Waals surface area contributed by atoms with Crippen molar-refractivity contribution in [2.24, 2.45) is 0 Å². The molecule has 26 heavy (non-hydrogen) atoms. The first-order valence-electron chi connectivity index (χ1n) is 9.12. The Balaban J connectivity index is 1.73.